The molecule has 0 spiro atoms. The molecule has 1 rings (SSSR count). The lowest BCUT2D eigenvalue weighted by Gasteiger charge is -2.31. The van der Waals surface area contributed by atoms with E-state index in [1.807, 2.05) is 0 Å². The summed E-state index contributed by atoms with van der Waals surface area (Å²) in [5.74, 6) is 0.384. The second-order valence-corrected chi connectivity index (χ2v) is 5.23. The first-order valence-corrected chi connectivity index (χ1v) is 7.16. The van der Waals surface area contributed by atoms with E-state index in [0.29, 0.717) is 18.9 Å². The topological polar surface area (TPSA) is 49.8 Å². The molecule has 1 saturated heterocycles. The molecular formula is C14H27NO3. The quantitative estimate of drug-likeness (QED) is 0.532. The van der Waals surface area contributed by atoms with Crippen LogP contribution in [0.25, 0.3) is 0 Å². The lowest BCUT2D eigenvalue weighted by molar-refractivity contribution is -0.140. The Kier molecular flexibility index (Phi) is 8.01. The van der Waals surface area contributed by atoms with Crippen molar-refractivity contribution < 1.29 is 14.6 Å². The number of esters is 1. The monoisotopic (exact) mass is 257 g/mol. The lowest BCUT2D eigenvalue weighted by atomic mass is 9.99. The molecule has 1 aliphatic heterocycles. The number of hydrogen-bond acceptors (Lipinski definition) is 4. The molecule has 0 aromatic carbocycles. The Balaban J connectivity index is 1.95. The number of nitrogens with zero attached hydrogens (tertiary/aromatic N) is 1. The van der Waals surface area contributed by atoms with E-state index in [2.05, 4.69) is 9.64 Å². The van der Waals surface area contributed by atoms with Crippen molar-refractivity contribution in [3.63, 3.8) is 0 Å². The Morgan fingerprint density at radius 3 is 2.83 bits per heavy atom. The summed E-state index contributed by atoms with van der Waals surface area (Å²) < 4.78 is 4.61. The van der Waals surface area contributed by atoms with Crippen molar-refractivity contribution in [2.75, 3.05) is 33.4 Å². The summed E-state index contributed by atoms with van der Waals surface area (Å²) in [7, 11) is 1.44. The van der Waals surface area contributed by atoms with Crippen LogP contribution in [-0.2, 0) is 9.53 Å². The van der Waals surface area contributed by atoms with Crippen LogP contribution in [0, 0.1) is 5.92 Å². The molecule has 0 aromatic rings. The summed E-state index contributed by atoms with van der Waals surface area (Å²) in [6, 6.07) is 0. The third kappa shape index (κ3) is 6.36. The molecule has 1 heterocycles. The average molecular weight is 257 g/mol. The summed E-state index contributed by atoms with van der Waals surface area (Å²) in [6.07, 6.45) is 7.35. The fourth-order valence-electron chi connectivity index (χ4n) is 2.56. The van der Waals surface area contributed by atoms with Crippen LogP contribution in [0.15, 0.2) is 0 Å². The molecule has 1 fully saturated rings. The largest absolute Gasteiger partial charge is 0.469 e. The Morgan fingerprint density at radius 2 is 2.11 bits per heavy atom. The van der Waals surface area contributed by atoms with Crippen molar-refractivity contribution in [3.05, 3.63) is 0 Å². The van der Waals surface area contributed by atoms with Crippen molar-refractivity contribution in [2.24, 2.45) is 5.92 Å². The lowest BCUT2D eigenvalue weighted by Crippen LogP contribution is -2.37. The minimum Gasteiger partial charge on any atom is -0.469 e. The minimum atomic E-state index is -0.100. The molecule has 0 bridgehead atoms. The van der Waals surface area contributed by atoms with E-state index in [1.165, 1.54) is 39.3 Å². The molecule has 0 aromatic heterocycles. The predicted octanol–water partition coefficient (Wildman–Crippen LogP) is 1.81. The van der Waals surface area contributed by atoms with Gasteiger partial charge in [-0.25, -0.2) is 0 Å². The molecule has 0 amide bonds. The average Bonchev–Trinajstić information content (AvgIpc) is 2.42. The third-order valence-corrected chi connectivity index (χ3v) is 3.69. The van der Waals surface area contributed by atoms with E-state index < -0.39 is 0 Å². The van der Waals surface area contributed by atoms with Crippen LogP contribution >= 0.6 is 0 Å². The fourth-order valence-corrected chi connectivity index (χ4v) is 2.56. The van der Waals surface area contributed by atoms with Crippen LogP contribution in [0.1, 0.15) is 44.9 Å². The number of unbranched alkanes of at least 4 members (excludes halogenated alkanes) is 3. The van der Waals surface area contributed by atoms with Gasteiger partial charge in [0.2, 0.25) is 0 Å². The summed E-state index contributed by atoms with van der Waals surface area (Å²) in [5, 5.41) is 9.16. The van der Waals surface area contributed by atoms with E-state index in [-0.39, 0.29) is 5.97 Å². The number of aliphatic hydroxyl groups is 1. The van der Waals surface area contributed by atoms with Crippen LogP contribution in [0.2, 0.25) is 0 Å². The molecule has 0 unspecified atom stereocenters. The Labute approximate surface area is 110 Å². The molecule has 1 atom stereocenters. The Morgan fingerprint density at radius 1 is 1.33 bits per heavy atom. The third-order valence-electron chi connectivity index (χ3n) is 3.69. The molecule has 106 valence electrons. The predicted molar refractivity (Wildman–Crippen MR) is 71.4 cm³/mol. The van der Waals surface area contributed by atoms with Crippen LogP contribution in [0.3, 0.4) is 0 Å². The molecule has 0 saturated carbocycles. The number of likely N-dealkylation sites (tertiary alicyclic amines) is 1. The van der Waals surface area contributed by atoms with Gasteiger partial charge in [0.15, 0.2) is 0 Å². The zero-order valence-corrected chi connectivity index (χ0v) is 11.6. The highest BCUT2D eigenvalue weighted by molar-refractivity contribution is 5.68. The molecule has 1 N–H and O–H groups in total. The van der Waals surface area contributed by atoms with Gasteiger partial charge in [0.05, 0.1) is 7.11 Å². The first kappa shape index (κ1) is 15.4. The highest BCUT2D eigenvalue weighted by Gasteiger charge is 2.18. The summed E-state index contributed by atoms with van der Waals surface area (Å²) in [4.78, 5) is 13.4. The van der Waals surface area contributed by atoms with Gasteiger partial charge in [-0.15, -0.1) is 0 Å². The van der Waals surface area contributed by atoms with Gasteiger partial charge in [-0.05, 0) is 44.7 Å². The van der Waals surface area contributed by atoms with Crippen molar-refractivity contribution in [3.8, 4) is 0 Å². The van der Waals surface area contributed by atoms with Gasteiger partial charge in [-0.2, -0.15) is 0 Å². The number of carbonyl (C=O) groups is 1. The number of piperidine rings is 1. The zero-order chi connectivity index (χ0) is 13.2. The van der Waals surface area contributed by atoms with Crippen LogP contribution in [0.4, 0.5) is 0 Å². The summed E-state index contributed by atoms with van der Waals surface area (Å²) in [6.45, 7) is 3.70. The molecule has 18 heavy (non-hydrogen) atoms. The van der Waals surface area contributed by atoms with Gasteiger partial charge < -0.3 is 14.7 Å². The first-order valence-electron chi connectivity index (χ1n) is 7.16. The molecule has 0 aliphatic carbocycles. The van der Waals surface area contributed by atoms with Gasteiger partial charge in [0.25, 0.3) is 0 Å². The maximum Gasteiger partial charge on any atom is 0.305 e. The second kappa shape index (κ2) is 9.34. The Hall–Kier alpha value is -0.610. The maximum absolute atomic E-state index is 10.9. The zero-order valence-electron chi connectivity index (χ0n) is 11.6. The summed E-state index contributed by atoms with van der Waals surface area (Å²) >= 11 is 0. The SMILES string of the molecule is COC(=O)CCCCCCN1CCC[C@@H](CO)C1. The first-order chi connectivity index (χ1) is 8.76. The van der Waals surface area contributed by atoms with E-state index in [0.717, 1.165) is 25.9 Å². The van der Waals surface area contributed by atoms with E-state index >= 15 is 0 Å². The smallest absolute Gasteiger partial charge is 0.305 e. The van der Waals surface area contributed by atoms with Gasteiger partial charge in [0.1, 0.15) is 0 Å². The number of carbonyl (C=O) groups excluding carboxylic acids is 1. The number of methoxy groups -OCH3 is 1. The van der Waals surface area contributed by atoms with Crippen molar-refractivity contribution in [1.29, 1.82) is 0 Å². The summed E-state index contributed by atoms with van der Waals surface area (Å²) in [5.41, 5.74) is 0. The molecular weight excluding hydrogens is 230 g/mol. The second-order valence-electron chi connectivity index (χ2n) is 5.23. The fraction of sp³-hybridized carbons (Fsp3) is 0.929. The minimum absolute atomic E-state index is 0.100. The van der Waals surface area contributed by atoms with Crippen LogP contribution < -0.4 is 0 Å². The number of aliphatic hydroxyl groups excluding tert-OH is 1. The van der Waals surface area contributed by atoms with Gasteiger partial charge in [-0.1, -0.05) is 12.8 Å². The number of ether oxygens (including phenoxy) is 1. The van der Waals surface area contributed by atoms with E-state index in [1.54, 1.807) is 0 Å². The van der Waals surface area contributed by atoms with Crippen molar-refractivity contribution in [1.82, 2.24) is 4.90 Å². The van der Waals surface area contributed by atoms with E-state index in [4.69, 9.17) is 5.11 Å². The van der Waals surface area contributed by atoms with Crippen molar-refractivity contribution >= 4 is 5.97 Å². The molecule has 1 aliphatic rings. The van der Waals surface area contributed by atoms with Crippen molar-refractivity contribution in [2.45, 2.75) is 44.9 Å². The van der Waals surface area contributed by atoms with Gasteiger partial charge >= 0.3 is 5.97 Å². The van der Waals surface area contributed by atoms with Crippen LogP contribution in [0.5, 0.6) is 0 Å². The Bertz CT molecular complexity index is 233. The standard InChI is InChI=1S/C14H27NO3/c1-18-14(17)8-4-2-3-5-9-15-10-6-7-13(11-15)12-16/h13,16H,2-12H2,1H3/t13-/m1/s1. The number of hydrogen-bond donors (Lipinski definition) is 1. The highest BCUT2D eigenvalue weighted by Crippen LogP contribution is 2.16. The van der Waals surface area contributed by atoms with E-state index in [9.17, 15) is 4.79 Å². The van der Waals surface area contributed by atoms with Gasteiger partial charge in [-0.3, -0.25) is 4.79 Å². The highest BCUT2D eigenvalue weighted by atomic mass is 16.5. The molecule has 0 radical (unpaired) electrons. The molecule has 4 heteroatoms. The molecule has 4 nitrogen and oxygen atoms in total. The normalized spacial score (nSPS) is 20.9. The maximum atomic E-state index is 10.9. The number of rotatable bonds is 8. The van der Waals surface area contributed by atoms with Gasteiger partial charge in [0, 0.05) is 19.6 Å². The van der Waals surface area contributed by atoms with Crippen LogP contribution in [-0.4, -0.2) is 49.3 Å².